The van der Waals surface area contributed by atoms with Gasteiger partial charge in [-0.15, -0.1) is 11.3 Å². The Kier molecular flexibility index (Phi) is 4.63. The fourth-order valence-corrected chi connectivity index (χ4v) is 8.19. The molecule has 0 saturated heterocycles. The molecule has 0 saturated carbocycles. The highest BCUT2D eigenvalue weighted by Gasteiger charge is 2.19. The Hall–Kier alpha value is -5.38. The van der Waals surface area contributed by atoms with Gasteiger partial charge in [0.05, 0.1) is 6.26 Å². The Morgan fingerprint density at radius 3 is 1.72 bits per heavy atom. The van der Waals surface area contributed by atoms with E-state index in [-0.39, 0.29) is 0 Å². The molecule has 7 aromatic carbocycles. The first-order valence-corrected chi connectivity index (χ1v) is 15.3. The maximum absolute atomic E-state index is 6.44. The fourth-order valence-electron chi connectivity index (χ4n) is 7.11. The molecular formula is C40H22O2S. The zero-order valence-corrected chi connectivity index (χ0v) is 23.7. The van der Waals surface area contributed by atoms with Crippen LogP contribution >= 0.6 is 11.3 Å². The number of fused-ring (bicyclic) bond motifs is 10. The topological polar surface area (TPSA) is 26.3 Å². The highest BCUT2D eigenvalue weighted by atomic mass is 32.1. The molecule has 200 valence electrons. The summed E-state index contributed by atoms with van der Waals surface area (Å²) in [5.41, 5.74) is 7.53. The lowest BCUT2D eigenvalue weighted by Crippen LogP contribution is -1.90. The van der Waals surface area contributed by atoms with Crippen molar-refractivity contribution in [3.05, 3.63) is 134 Å². The average Bonchev–Trinajstić information content (AvgIpc) is 3.77. The Morgan fingerprint density at radius 1 is 0.395 bits per heavy atom. The molecule has 0 aliphatic heterocycles. The molecule has 3 aromatic heterocycles. The fraction of sp³-hybridized carbons (Fsp3) is 0. The van der Waals surface area contributed by atoms with E-state index in [0.717, 1.165) is 38.5 Å². The smallest absolute Gasteiger partial charge is 0.136 e. The number of hydrogen-bond acceptors (Lipinski definition) is 3. The Balaban J connectivity index is 1.27. The second kappa shape index (κ2) is 8.57. The largest absolute Gasteiger partial charge is 0.464 e. The number of furan rings is 2. The second-order valence-electron chi connectivity index (χ2n) is 11.2. The lowest BCUT2D eigenvalue weighted by Gasteiger charge is -2.18. The third kappa shape index (κ3) is 3.23. The van der Waals surface area contributed by atoms with Crippen LogP contribution in [0.2, 0.25) is 0 Å². The Morgan fingerprint density at radius 2 is 0.977 bits per heavy atom. The monoisotopic (exact) mass is 566 g/mol. The molecule has 10 rings (SSSR count). The van der Waals surface area contributed by atoms with Gasteiger partial charge in [-0.1, -0.05) is 78.9 Å². The van der Waals surface area contributed by atoms with Crippen molar-refractivity contribution < 1.29 is 8.83 Å². The quantitative estimate of drug-likeness (QED) is 0.195. The molecule has 10 aromatic rings. The first-order valence-electron chi connectivity index (χ1n) is 14.5. The molecule has 0 N–H and O–H groups in total. The minimum absolute atomic E-state index is 0.875. The van der Waals surface area contributed by atoms with Crippen LogP contribution in [-0.4, -0.2) is 0 Å². The molecule has 0 fully saturated rings. The van der Waals surface area contributed by atoms with Crippen LogP contribution in [0.5, 0.6) is 0 Å². The molecule has 0 aliphatic carbocycles. The van der Waals surface area contributed by atoms with Gasteiger partial charge in [0.25, 0.3) is 0 Å². The van der Waals surface area contributed by atoms with E-state index in [2.05, 4.69) is 109 Å². The molecular weight excluding hydrogens is 545 g/mol. The molecule has 0 atom stereocenters. The molecule has 3 heterocycles. The SMILES string of the molecule is c1ccc2c(c1)sc1ccc(-c3c4ccccc4c(-c4ccc5c(c4)oc4ccc6occc6c45)c4ccccc34)cc12. The normalized spacial score (nSPS) is 12.2. The summed E-state index contributed by atoms with van der Waals surface area (Å²) in [4.78, 5) is 0. The van der Waals surface area contributed by atoms with Gasteiger partial charge in [-0.25, -0.2) is 0 Å². The van der Waals surface area contributed by atoms with E-state index in [1.165, 1.54) is 58.4 Å². The lowest BCUT2D eigenvalue weighted by molar-refractivity contribution is 0.615. The van der Waals surface area contributed by atoms with Gasteiger partial charge in [0.2, 0.25) is 0 Å². The van der Waals surface area contributed by atoms with Crippen molar-refractivity contribution in [1.29, 1.82) is 0 Å². The summed E-state index contributed by atoms with van der Waals surface area (Å²) in [6.45, 7) is 0. The number of thiophene rings is 1. The second-order valence-corrected chi connectivity index (χ2v) is 12.3. The number of benzene rings is 7. The van der Waals surface area contributed by atoms with Crippen molar-refractivity contribution in [2.75, 3.05) is 0 Å². The van der Waals surface area contributed by atoms with Gasteiger partial charge in [0.1, 0.15) is 16.7 Å². The first-order chi connectivity index (χ1) is 21.3. The first kappa shape index (κ1) is 23.2. The lowest BCUT2D eigenvalue weighted by atomic mass is 9.85. The van der Waals surface area contributed by atoms with Gasteiger partial charge in [-0.2, -0.15) is 0 Å². The van der Waals surface area contributed by atoms with E-state index >= 15 is 0 Å². The zero-order valence-electron chi connectivity index (χ0n) is 22.9. The third-order valence-corrected chi connectivity index (χ3v) is 10.1. The minimum Gasteiger partial charge on any atom is -0.464 e. The average molecular weight is 567 g/mol. The van der Waals surface area contributed by atoms with E-state index in [1.54, 1.807) is 6.26 Å². The van der Waals surface area contributed by atoms with Crippen LogP contribution in [0.4, 0.5) is 0 Å². The van der Waals surface area contributed by atoms with Crippen LogP contribution in [0, 0.1) is 0 Å². The van der Waals surface area contributed by atoms with Gasteiger partial charge in [-0.05, 0) is 92.3 Å². The summed E-state index contributed by atoms with van der Waals surface area (Å²) in [7, 11) is 0. The van der Waals surface area contributed by atoms with Gasteiger partial charge in [0.15, 0.2) is 0 Å². The predicted molar refractivity (Wildman–Crippen MR) is 182 cm³/mol. The van der Waals surface area contributed by atoms with Gasteiger partial charge < -0.3 is 8.83 Å². The predicted octanol–water partition coefficient (Wildman–Crippen LogP) is 12.3. The highest BCUT2D eigenvalue weighted by molar-refractivity contribution is 7.25. The third-order valence-electron chi connectivity index (χ3n) is 8.95. The van der Waals surface area contributed by atoms with Crippen molar-refractivity contribution >= 4 is 86.0 Å². The Bertz CT molecular complexity index is 2680. The zero-order chi connectivity index (χ0) is 28.1. The minimum atomic E-state index is 0.875. The molecule has 0 spiro atoms. The molecule has 43 heavy (non-hydrogen) atoms. The van der Waals surface area contributed by atoms with Gasteiger partial charge >= 0.3 is 0 Å². The maximum atomic E-state index is 6.44. The molecule has 0 amide bonds. The molecule has 0 unspecified atom stereocenters. The van der Waals surface area contributed by atoms with Gasteiger partial charge in [0, 0.05) is 36.3 Å². The van der Waals surface area contributed by atoms with E-state index in [9.17, 15) is 0 Å². The molecule has 0 bridgehead atoms. The summed E-state index contributed by atoms with van der Waals surface area (Å²) in [6, 6.07) is 46.0. The van der Waals surface area contributed by atoms with Crippen LogP contribution in [-0.2, 0) is 0 Å². The standard InChI is InChI=1S/C40H22O2S/c1-3-10-28-26(8-1)38(23-14-18-37-32(21-23)25-7-5-6-12-36(25)43-37)27-9-2-4-11-29(27)39(28)24-13-15-30-35(22-24)42-34-17-16-33-31(40(30)34)19-20-41-33/h1-22H. The van der Waals surface area contributed by atoms with Crippen molar-refractivity contribution in [2.45, 2.75) is 0 Å². The highest BCUT2D eigenvalue weighted by Crippen LogP contribution is 2.46. The molecule has 2 nitrogen and oxygen atoms in total. The Labute approximate surface area is 250 Å². The molecule has 0 radical (unpaired) electrons. The van der Waals surface area contributed by atoms with E-state index in [4.69, 9.17) is 8.83 Å². The van der Waals surface area contributed by atoms with Crippen LogP contribution in [0.1, 0.15) is 0 Å². The van der Waals surface area contributed by atoms with Crippen LogP contribution in [0.3, 0.4) is 0 Å². The summed E-state index contributed by atoms with van der Waals surface area (Å²) in [5, 5.41) is 10.9. The molecule has 0 aliphatic rings. The van der Waals surface area contributed by atoms with Crippen molar-refractivity contribution in [1.82, 2.24) is 0 Å². The van der Waals surface area contributed by atoms with Crippen molar-refractivity contribution in [2.24, 2.45) is 0 Å². The van der Waals surface area contributed by atoms with Crippen molar-refractivity contribution in [3.8, 4) is 22.3 Å². The van der Waals surface area contributed by atoms with Crippen LogP contribution < -0.4 is 0 Å². The van der Waals surface area contributed by atoms with E-state index < -0.39 is 0 Å². The maximum Gasteiger partial charge on any atom is 0.136 e. The van der Waals surface area contributed by atoms with E-state index in [0.29, 0.717) is 0 Å². The summed E-state index contributed by atoms with van der Waals surface area (Å²) in [6.07, 6.45) is 1.75. The van der Waals surface area contributed by atoms with Gasteiger partial charge in [-0.3, -0.25) is 0 Å². The summed E-state index contributed by atoms with van der Waals surface area (Å²) in [5.74, 6) is 0. The summed E-state index contributed by atoms with van der Waals surface area (Å²) >= 11 is 1.86. The van der Waals surface area contributed by atoms with Crippen molar-refractivity contribution in [3.63, 3.8) is 0 Å². The molecule has 3 heteroatoms. The summed E-state index contributed by atoms with van der Waals surface area (Å²) < 4.78 is 14.8. The number of hydrogen-bond donors (Lipinski definition) is 0. The van der Waals surface area contributed by atoms with Crippen LogP contribution in [0.15, 0.2) is 142 Å². The number of rotatable bonds is 2. The van der Waals surface area contributed by atoms with E-state index in [1.807, 2.05) is 29.5 Å². The van der Waals surface area contributed by atoms with Crippen LogP contribution in [0.25, 0.3) is 96.9 Å².